The van der Waals surface area contributed by atoms with Gasteiger partial charge in [-0.2, -0.15) is 8.42 Å². The van der Waals surface area contributed by atoms with E-state index in [1.807, 2.05) is 0 Å². The summed E-state index contributed by atoms with van der Waals surface area (Å²) in [6.45, 7) is 2.45. The Bertz CT molecular complexity index is 1180. The highest BCUT2D eigenvalue weighted by atomic mass is 32.2. The number of carboxylic acids is 1. The van der Waals surface area contributed by atoms with E-state index >= 15 is 0 Å². The van der Waals surface area contributed by atoms with Crippen LogP contribution in [0.1, 0.15) is 68.3 Å². The molecule has 0 radical (unpaired) electrons. The summed E-state index contributed by atoms with van der Waals surface area (Å²) < 4.78 is 34.1. The zero-order valence-electron chi connectivity index (χ0n) is 19.5. The summed E-state index contributed by atoms with van der Waals surface area (Å²) in [4.78, 5) is 42.7. The Hall–Kier alpha value is -3.25. The van der Waals surface area contributed by atoms with Crippen molar-refractivity contribution in [1.82, 2.24) is 14.5 Å². The van der Waals surface area contributed by atoms with Crippen molar-refractivity contribution >= 4 is 33.7 Å². The number of nitrogens with zero attached hydrogens (tertiary/aromatic N) is 3. The van der Waals surface area contributed by atoms with Gasteiger partial charge in [-0.15, -0.1) is 0 Å². The molecule has 0 unspecified atom stereocenters. The van der Waals surface area contributed by atoms with Gasteiger partial charge in [-0.3, -0.25) is 14.1 Å². The number of nitrogens with one attached hydrogen (secondary N) is 1. The number of benzene rings is 1. The molecule has 11 nitrogen and oxygen atoms in total. The quantitative estimate of drug-likeness (QED) is 0.310. The minimum Gasteiger partial charge on any atom is -0.480 e. The monoisotopic (exact) mass is 506 g/mol. The summed E-state index contributed by atoms with van der Waals surface area (Å²) in [7, 11) is -4.61. The van der Waals surface area contributed by atoms with E-state index in [1.165, 1.54) is 35.6 Å². The van der Waals surface area contributed by atoms with Gasteiger partial charge >= 0.3 is 5.97 Å². The van der Waals surface area contributed by atoms with E-state index in [1.54, 1.807) is 4.57 Å². The van der Waals surface area contributed by atoms with Crippen molar-refractivity contribution in [2.75, 3.05) is 11.9 Å². The highest BCUT2D eigenvalue weighted by molar-refractivity contribution is 7.86. The van der Waals surface area contributed by atoms with Gasteiger partial charge in [0.15, 0.2) is 5.82 Å². The van der Waals surface area contributed by atoms with Gasteiger partial charge in [0, 0.05) is 12.7 Å². The second kappa shape index (κ2) is 11.5. The highest BCUT2D eigenvalue weighted by Crippen LogP contribution is 2.27. The number of carbonyl (C=O) groups is 3. The lowest BCUT2D eigenvalue weighted by molar-refractivity contribution is -0.149. The summed E-state index contributed by atoms with van der Waals surface area (Å²) in [5.74, 6) is -2.04. The first-order valence-corrected chi connectivity index (χ1v) is 13.0. The van der Waals surface area contributed by atoms with E-state index in [2.05, 4.69) is 17.2 Å². The third-order valence-electron chi connectivity index (χ3n) is 6.05. The first kappa shape index (κ1) is 26.4. The van der Waals surface area contributed by atoms with Crippen LogP contribution in [0, 0.1) is 0 Å². The van der Waals surface area contributed by atoms with Gasteiger partial charge < -0.3 is 19.9 Å². The number of aromatic nitrogens is 2. The van der Waals surface area contributed by atoms with Crippen molar-refractivity contribution in [2.24, 2.45) is 0 Å². The Morgan fingerprint density at radius 3 is 2.63 bits per heavy atom. The van der Waals surface area contributed by atoms with Gasteiger partial charge in [0.05, 0.1) is 11.9 Å². The lowest BCUT2D eigenvalue weighted by atomic mass is 10.1. The average Bonchev–Trinajstić information content (AvgIpc) is 3.48. The van der Waals surface area contributed by atoms with Crippen LogP contribution in [0.4, 0.5) is 5.82 Å². The maximum absolute atomic E-state index is 13.4. The number of rotatable bonds is 11. The Balaban J connectivity index is 1.81. The molecule has 0 bridgehead atoms. The molecule has 1 aromatic carbocycles. The largest absolute Gasteiger partial charge is 0.480 e. The maximum atomic E-state index is 13.4. The fourth-order valence-electron chi connectivity index (χ4n) is 4.28. The van der Waals surface area contributed by atoms with Crippen molar-refractivity contribution in [1.29, 1.82) is 0 Å². The Kier molecular flexibility index (Phi) is 8.62. The SMILES string of the molecule is CCCCCC[C@@H](C(=O)N1CCC[C@H]1C(=O)O)n1cnc(NC(=O)c2ccccc2S(=O)(=O)O)c1. The van der Waals surface area contributed by atoms with E-state index in [0.29, 0.717) is 25.8 Å². The molecule has 2 heterocycles. The molecular weight excluding hydrogens is 476 g/mol. The minimum atomic E-state index is -4.61. The van der Waals surface area contributed by atoms with Crippen LogP contribution in [-0.2, 0) is 19.7 Å². The number of carboxylic acid groups (broad SMARTS) is 1. The van der Waals surface area contributed by atoms with Gasteiger partial charge in [0.1, 0.15) is 17.0 Å². The zero-order chi connectivity index (χ0) is 25.6. The van der Waals surface area contributed by atoms with Crippen molar-refractivity contribution in [3.8, 4) is 0 Å². The smallest absolute Gasteiger partial charge is 0.326 e. The molecular formula is C23H30N4O7S. The van der Waals surface area contributed by atoms with Crippen LogP contribution >= 0.6 is 0 Å². The molecule has 12 heteroatoms. The molecule has 3 rings (SSSR count). The fourth-order valence-corrected chi connectivity index (χ4v) is 4.97. The maximum Gasteiger partial charge on any atom is 0.326 e. The number of hydrogen-bond donors (Lipinski definition) is 3. The normalized spacial score (nSPS) is 16.7. The molecule has 2 amide bonds. The summed E-state index contributed by atoms with van der Waals surface area (Å²) in [5.41, 5.74) is -0.252. The topological polar surface area (TPSA) is 159 Å². The number of hydrogen-bond acceptors (Lipinski definition) is 6. The predicted octanol–water partition coefficient (Wildman–Crippen LogP) is 2.97. The van der Waals surface area contributed by atoms with Crippen LogP contribution in [0.3, 0.4) is 0 Å². The first-order chi connectivity index (χ1) is 16.6. The van der Waals surface area contributed by atoms with Crippen molar-refractivity contribution < 1.29 is 32.5 Å². The summed E-state index contributed by atoms with van der Waals surface area (Å²) in [6, 6.07) is 3.67. The molecule has 1 saturated heterocycles. The molecule has 1 aliphatic rings. The number of likely N-dealkylation sites (tertiary alicyclic amines) is 1. The number of imidazole rings is 1. The molecule has 1 fully saturated rings. The van der Waals surface area contributed by atoms with E-state index < -0.39 is 39.0 Å². The molecule has 0 saturated carbocycles. The van der Waals surface area contributed by atoms with Crippen LogP contribution in [0.15, 0.2) is 41.7 Å². The van der Waals surface area contributed by atoms with E-state index in [9.17, 15) is 32.5 Å². The van der Waals surface area contributed by atoms with E-state index in [-0.39, 0.29) is 17.3 Å². The lowest BCUT2D eigenvalue weighted by Crippen LogP contribution is -2.44. The van der Waals surface area contributed by atoms with Gasteiger partial charge in [-0.1, -0.05) is 44.7 Å². The molecule has 0 spiro atoms. The van der Waals surface area contributed by atoms with E-state index in [0.717, 1.165) is 31.7 Å². The fraction of sp³-hybridized carbons (Fsp3) is 0.478. The summed E-state index contributed by atoms with van der Waals surface area (Å²) >= 11 is 0. The van der Waals surface area contributed by atoms with Gasteiger partial charge in [0.2, 0.25) is 5.91 Å². The number of amides is 2. The van der Waals surface area contributed by atoms with Crippen LogP contribution in [0.25, 0.3) is 0 Å². The number of unbranched alkanes of at least 4 members (excludes halogenated alkanes) is 3. The van der Waals surface area contributed by atoms with Crippen LogP contribution < -0.4 is 5.32 Å². The van der Waals surface area contributed by atoms with Gasteiger partial charge in [-0.25, -0.2) is 9.78 Å². The van der Waals surface area contributed by atoms with Crippen LogP contribution in [0.2, 0.25) is 0 Å². The van der Waals surface area contributed by atoms with Crippen molar-refractivity contribution in [2.45, 2.75) is 68.8 Å². The van der Waals surface area contributed by atoms with Gasteiger partial charge in [0.25, 0.3) is 16.0 Å². The Labute approximate surface area is 203 Å². The molecule has 190 valence electrons. The number of carbonyl (C=O) groups excluding carboxylic acids is 2. The second-order valence-electron chi connectivity index (χ2n) is 8.52. The molecule has 1 aliphatic heterocycles. The predicted molar refractivity (Wildman–Crippen MR) is 127 cm³/mol. The van der Waals surface area contributed by atoms with Crippen LogP contribution in [-0.4, -0.2) is 62.9 Å². The molecule has 35 heavy (non-hydrogen) atoms. The van der Waals surface area contributed by atoms with Crippen molar-refractivity contribution in [3.05, 3.63) is 42.4 Å². The third-order valence-corrected chi connectivity index (χ3v) is 6.96. The summed E-state index contributed by atoms with van der Waals surface area (Å²) in [5, 5.41) is 12.0. The molecule has 2 atom stereocenters. The Morgan fingerprint density at radius 1 is 1.20 bits per heavy atom. The molecule has 1 aromatic heterocycles. The number of anilines is 1. The first-order valence-electron chi connectivity index (χ1n) is 11.6. The standard InChI is InChI=1S/C23H30N4O7S/c1-2-3-4-5-10-17(22(29)27-13-8-11-18(27)23(30)31)26-14-20(24-15-26)25-21(28)16-9-6-7-12-19(16)35(32,33)34/h6-7,9,12,14-15,17-18H,2-5,8,10-11,13H2,1H3,(H,25,28)(H,30,31)(H,32,33,34)/t17-,18-/m0/s1. The van der Waals surface area contributed by atoms with Crippen LogP contribution in [0.5, 0.6) is 0 Å². The van der Waals surface area contributed by atoms with E-state index in [4.69, 9.17) is 0 Å². The summed E-state index contributed by atoms with van der Waals surface area (Å²) in [6.07, 6.45) is 8.08. The highest BCUT2D eigenvalue weighted by Gasteiger charge is 2.37. The lowest BCUT2D eigenvalue weighted by Gasteiger charge is -2.27. The minimum absolute atomic E-state index is 0.0858. The molecule has 2 aromatic rings. The second-order valence-corrected chi connectivity index (χ2v) is 9.91. The molecule has 0 aliphatic carbocycles. The van der Waals surface area contributed by atoms with Gasteiger partial charge in [-0.05, 0) is 31.4 Å². The average molecular weight is 507 g/mol. The zero-order valence-corrected chi connectivity index (χ0v) is 20.3. The Morgan fingerprint density at radius 2 is 1.94 bits per heavy atom. The molecule has 3 N–H and O–H groups in total. The van der Waals surface area contributed by atoms with Crippen molar-refractivity contribution in [3.63, 3.8) is 0 Å². The number of aliphatic carboxylic acids is 1. The third kappa shape index (κ3) is 6.45.